The van der Waals surface area contributed by atoms with Gasteiger partial charge in [-0.2, -0.15) is 0 Å². The minimum absolute atomic E-state index is 0.272. The molecule has 2 atom stereocenters. The van der Waals surface area contributed by atoms with Gasteiger partial charge in [0.1, 0.15) is 5.78 Å². The van der Waals surface area contributed by atoms with Crippen LogP contribution in [0.5, 0.6) is 0 Å². The van der Waals surface area contributed by atoms with E-state index in [0.29, 0.717) is 11.7 Å². The van der Waals surface area contributed by atoms with Gasteiger partial charge in [-0.15, -0.1) is 0 Å². The lowest BCUT2D eigenvalue weighted by atomic mass is 9.67. The lowest BCUT2D eigenvalue weighted by Crippen LogP contribution is -2.39. The van der Waals surface area contributed by atoms with Gasteiger partial charge in [-0.3, -0.25) is 4.79 Å². The fourth-order valence-corrected chi connectivity index (χ4v) is 3.50. The molecule has 1 nitrogen and oxygen atoms in total. The van der Waals surface area contributed by atoms with Crippen LogP contribution in [0.15, 0.2) is 30.3 Å². The van der Waals surface area contributed by atoms with E-state index in [2.05, 4.69) is 32.9 Å². The topological polar surface area (TPSA) is 17.1 Å². The lowest BCUT2D eigenvalue weighted by Gasteiger charge is -2.35. The third kappa shape index (κ3) is 2.91. The summed E-state index contributed by atoms with van der Waals surface area (Å²) in [7, 11) is 0. The molecule has 1 heteroatoms. The van der Waals surface area contributed by atoms with E-state index >= 15 is 0 Å². The minimum atomic E-state index is -0.351. The summed E-state index contributed by atoms with van der Waals surface area (Å²) in [4.78, 5) is 13.0. The molecule has 1 saturated carbocycles. The van der Waals surface area contributed by atoms with Crippen molar-refractivity contribution in [2.75, 3.05) is 0 Å². The van der Waals surface area contributed by atoms with Gasteiger partial charge in [0.25, 0.3) is 0 Å². The number of carbonyl (C=O) groups excluding carboxylic acids is 1. The molecule has 0 bridgehead atoms. The Morgan fingerprint density at radius 2 is 1.79 bits per heavy atom. The summed E-state index contributed by atoms with van der Waals surface area (Å²) >= 11 is 0. The van der Waals surface area contributed by atoms with Crippen molar-refractivity contribution in [3.63, 3.8) is 0 Å². The molecular formula is C18H26O. The number of ketones is 1. The summed E-state index contributed by atoms with van der Waals surface area (Å²) in [5.41, 5.74) is 0.803. The van der Waals surface area contributed by atoms with Gasteiger partial charge in [-0.1, -0.05) is 56.5 Å². The molecule has 2 unspecified atom stereocenters. The van der Waals surface area contributed by atoms with E-state index < -0.39 is 0 Å². The molecule has 0 amide bonds. The zero-order valence-electron chi connectivity index (χ0n) is 12.5. The fraction of sp³-hybridized carbons (Fsp3) is 0.611. The quantitative estimate of drug-likeness (QED) is 0.761. The molecule has 0 aromatic heterocycles. The van der Waals surface area contributed by atoms with Gasteiger partial charge >= 0.3 is 0 Å². The predicted molar refractivity (Wildman–Crippen MR) is 80.2 cm³/mol. The van der Waals surface area contributed by atoms with Crippen molar-refractivity contribution in [1.82, 2.24) is 0 Å². The Bertz CT molecular complexity index is 419. The van der Waals surface area contributed by atoms with Crippen molar-refractivity contribution >= 4 is 5.78 Å². The first-order chi connectivity index (χ1) is 9.07. The van der Waals surface area contributed by atoms with Crippen molar-refractivity contribution in [1.29, 1.82) is 0 Å². The first-order valence-electron chi connectivity index (χ1n) is 7.67. The molecule has 0 N–H and O–H groups in total. The fourth-order valence-electron chi connectivity index (χ4n) is 3.50. The van der Waals surface area contributed by atoms with Crippen LogP contribution in [0.25, 0.3) is 0 Å². The summed E-state index contributed by atoms with van der Waals surface area (Å²) in [5, 5.41) is 0. The van der Waals surface area contributed by atoms with Crippen molar-refractivity contribution < 1.29 is 4.79 Å². The molecule has 0 spiro atoms. The molecular weight excluding hydrogens is 232 g/mol. The maximum Gasteiger partial charge on any atom is 0.146 e. The molecule has 1 aliphatic rings. The average molecular weight is 258 g/mol. The van der Waals surface area contributed by atoms with Crippen molar-refractivity contribution in [3.8, 4) is 0 Å². The van der Waals surface area contributed by atoms with E-state index in [9.17, 15) is 4.79 Å². The van der Waals surface area contributed by atoms with Crippen LogP contribution in [-0.4, -0.2) is 5.78 Å². The van der Waals surface area contributed by atoms with Crippen LogP contribution >= 0.6 is 0 Å². The number of rotatable bonds is 4. The normalized spacial score (nSPS) is 24.2. The zero-order valence-corrected chi connectivity index (χ0v) is 12.5. The molecule has 1 aliphatic carbocycles. The van der Waals surface area contributed by atoms with Crippen molar-refractivity contribution in [2.45, 2.75) is 58.3 Å². The summed E-state index contributed by atoms with van der Waals surface area (Å²) in [6, 6.07) is 10.2. The Labute approximate surface area is 117 Å². The molecule has 19 heavy (non-hydrogen) atoms. The first-order valence-corrected chi connectivity index (χ1v) is 7.67. The second-order valence-electron chi connectivity index (χ2n) is 6.41. The van der Waals surface area contributed by atoms with E-state index in [-0.39, 0.29) is 11.3 Å². The van der Waals surface area contributed by atoms with Crippen LogP contribution in [-0.2, 0) is 10.2 Å². The molecule has 1 fully saturated rings. The highest BCUT2D eigenvalue weighted by Crippen LogP contribution is 2.38. The monoisotopic (exact) mass is 258 g/mol. The Kier molecular flexibility index (Phi) is 4.44. The maximum atomic E-state index is 13.0. The van der Waals surface area contributed by atoms with Crippen LogP contribution in [0.2, 0.25) is 0 Å². The van der Waals surface area contributed by atoms with Gasteiger partial charge < -0.3 is 0 Å². The highest BCUT2D eigenvalue weighted by Gasteiger charge is 2.39. The SMILES string of the molecule is CCC1CCCCC1C(=O)C(C)(C)c1ccccc1. The van der Waals surface area contributed by atoms with Crippen LogP contribution in [0, 0.1) is 11.8 Å². The minimum Gasteiger partial charge on any atom is -0.298 e. The Hall–Kier alpha value is -1.11. The molecule has 1 aromatic rings. The van der Waals surface area contributed by atoms with E-state index in [1.54, 1.807) is 0 Å². The number of carbonyl (C=O) groups is 1. The highest BCUT2D eigenvalue weighted by atomic mass is 16.1. The van der Waals surface area contributed by atoms with Crippen LogP contribution in [0.3, 0.4) is 0 Å². The molecule has 0 saturated heterocycles. The molecule has 0 radical (unpaired) electrons. The molecule has 2 rings (SSSR count). The van der Waals surface area contributed by atoms with Crippen LogP contribution < -0.4 is 0 Å². The summed E-state index contributed by atoms with van der Waals surface area (Å²) < 4.78 is 0. The Balaban J connectivity index is 2.22. The third-order valence-corrected chi connectivity index (χ3v) is 4.88. The summed E-state index contributed by atoms with van der Waals surface area (Å²) in [6.45, 7) is 6.41. The van der Waals surface area contributed by atoms with Gasteiger partial charge in [-0.25, -0.2) is 0 Å². The smallest absolute Gasteiger partial charge is 0.146 e. The molecule has 104 valence electrons. The number of Topliss-reactive ketones (excluding diaryl/α,β-unsaturated/α-hetero) is 1. The van der Waals surface area contributed by atoms with Crippen LogP contribution in [0.1, 0.15) is 58.4 Å². The van der Waals surface area contributed by atoms with Gasteiger partial charge in [0.2, 0.25) is 0 Å². The van der Waals surface area contributed by atoms with Crippen molar-refractivity contribution in [3.05, 3.63) is 35.9 Å². The average Bonchev–Trinajstić information content (AvgIpc) is 2.47. The summed E-state index contributed by atoms with van der Waals surface area (Å²) in [5.74, 6) is 1.32. The van der Waals surface area contributed by atoms with E-state index in [4.69, 9.17) is 0 Å². The van der Waals surface area contributed by atoms with E-state index in [1.165, 1.54) is 19.3 Å². The highest BCUT2D eigenvalue weighted by molar-refractivity contribution is 5.91. The molecule has 1 aromatic carbocycles. The number of hydrogen-bond acceptors (Lipinski definition) is 1. The van der Waals surface area contributed by atoms with Gasteiger partial charge in [0.15, 0.2) is 0 Å². The van der Waals surface area contributed by atoms with E-state index in [1.807, 2.05) is 18.2 Å². The first kappa shape index (κ1) is 14.3. The van der Waals surface area contributed by atoms with Gasteiger partial charge in [0, 0.05) is 11.3 Å². The lowest BCUT2D eigenvalue weighted by molar-refractivity contribution is -0.130. The van der Waals surface area contributed by atoms with Crippen LogP contribution in [0.4, 0.5) is 0 Å². The predicted octanol–water partition coefficient (Wildman–Crippen LogP) is 4.75. The summed E-state index contributed by atoms with van der Waals surface area (Å²) in [6.07, 6.45) is 5.98. The molecule has 0 heterocycles. The Morgan fingerprint density at radius 3 is 2.42 bits per heavy atom. The van der Waals surface area contributed by atoms with Crippen molar-refractivity contribution in [2.24, 2.45) is 11.8 Å². The standard InChI is InChI=1S/C18H26O/c1-4-14-10-8-9-13-16(14)17(19)18(2,3)15-11-6-5-7-12-15/h5-7,11-12,14,16H,4,8-10,13H2,1-3H3. The Morgan fingerprint density at radius 1 is 1.16 bits per heavy atom. The zero-order chi connectivity index (χ0) is 13.9. The number of hydrogen-bond donors (Lipinski definition) is 0. The maximum absolute atomic E-state index is 13.0. The largest absolute Gasteiger partial charge is 0.298 e. The van der Waals surface area contributed by atoms with E-state index in [0.717, 1.165) is 18.4 Å². The van der Waals surface area contributed by atoms with Gasteiger partial charge in [0.05, 0.1) is 0 Å². The third-order valence-electron chi connectivity index (χ3n) is 4.88. The second-order valence-corrected chi connectivity index (χ2v) is 6.41. The van der Waals surface area contributed by atoms with Gasteiger partial charge in [-0.05, 0) is 38.2 Å². The second kappa shape index (κ2) is 5.90. The molecule has 0 aliphatic heterocycles. The number of benzene rings is 1.